The number of benzene rings is 1. The predicted octanol–water partition coefficient (Wildman–Crippen LogP) is 2.23. The van der Waals surface area contributed by atoms with Crippen molar-refractivity contribution in [2.24, 2.45) is 0 Å². The normalized spacial score (nSPS) is 18.5. The topological polar surface area (TPSA) is 67.6 Å². The molecular formula is C13H17Cl2N3O2. The molecule has 0 spiro atoms. The minimum absolute atomic E-state index is 0.171. The third-order valence-corrected chi connectivity index (χ3v) is 3.79. The Kier molecular flexibility index (Phi) is 5.10. The Morgan fingerprint density at radius 1 is 1.55 bits per heavy atom. The van der Waals surface area contributed by atoms with Crippen LogP contribution < -0.4 is 11.1 Å². The Hall–Kier alpha value is -1.01. The number of nitrogens with one attached hydrogen (secondary N) is 1. The highest BCUT2D eigenvalue weighted by atomic mass is 35.5. The van der Waals surface area contributed by atoms with Gasteiger partial charge in [-0.3, -0.25) is 9.69 Å². The van der Waals surface area contributed by atoms with Crippen LogP contribution >= 0.6 is 23.2 Å². The molecule has 2 rings (SSSR count). The lowest BCUT2D eigenvalue weighted by Crippen LogP contribution is -2.38. The zero-order chi connectivity index (χ0) is 14.7. The van der Waals surface area contributed by atoms with E-state index in [0.717, 1.165) is 13.0 Å². The standard InChI is InChI=1S/C13H17Cl2N3O2/c1-18(9-2-3-20-7-9)6-12(19)17-13-10(15)4-8(14)5-11(13)16/h4-5,9H,2-3,6-7,16H2,1H3,(H,17,19). The number of carbonyl (C=O) groups excluding carboxylic acids is 1. The molecule has 1 fully saturated rings. The second-order valence-corrected chi connectivity index (χ2v) is 5.68. The van der Waals surface area contributed by atoms with Gasteiger partial charge < -0.3 is 15.8 Å². The van der Waals surface area contributed by atoms with Crippen LogP contribution in [0.4, 0.5) is 11.4 Å². The van der Waals surface area contributed by atoms with Crippen molar-refractivity contribution in [3.63, 3.8) is 0 Å². The molecule has 1 aromatic carbocycles. The van der Waals surface area contributed by atoms with E-state index in [0.29, 0.717) is 28.0 Å². The summed E-state index contributed by atoms with van der Waals surface area (Å²) < 4.78 is 5.30. The largest absolute Gasteiger partial charge is 0.397 e. The molecule has 20 heavy (non-hydrogen) atoms. The minimum atomic E-state index is -0.171. The fraction of sp³-hybridized carbons (Fsp3) is 0.462. The Morgan fingerprint density at radius 2 is 2.30 bits per heavy atom. The molecule has 1 unspecified atom stereocenters. The lowest BCUT2D eigenvalue weighted by molar-refractivity contribution is -0.117. The molecule has 1 aliphatic heterocycles. The summed E-state index contributed by atoms with van der Waals surface area (Å²) in [6.07, 6.45) is 0.938. The maximum atomic E-state index is 12.0. The van der Waals surface area contributed by atoms with E-state index in [4.69, 9.17) is 33.7 Å². The minimum Gasteiger partial charge on any atom is -0.397 e. The predicted molar refractivity (Wildman–Crippen MR) is 81.4 cm³/mol. The zero-order valence-electron chi connectivity index (χ0n) is 11.2. The van der Waals surface area contributed by atoms with E-state index >= 15 is 0 Å². The second-order valence-electron chi connectivity index (χ2n) is 4.83. The van der Waals surface area contributed by atoms with Crippen molar-refractivity contribution >= 4 is 40.5 Å². The van der Waals surface area contributed by atoms with Gasteiger partial charge in [-0.1, -0.05) is 23.2 Å². The lowest BCUT2D eigenvalue weighted by Gasteiger charge is -2.22. The van der Waals surface area contributed by atoms with E-state index in [-0.39, 0.29) is 18.5 Å². The number of hydrogen-bond acceptors (Lipinski definition) is 4. The van der Waals surface area contributed by atoms with Crippen molar-refractivity contribution < 1.29 is 9.53 Å². The van der Waals surface area contributed by atoms with Crippen LogP contribution in [0.25, 0.3) is 0 Å². The zero-order valence-corrected chi connectivity index (χ0v) is 12.7. The Labute approximate surface area is 128 Å². The van der Waals surface area contributed by atoms with Gasteiger partial charge in [-0.25, -0.2) is 0 Å². The van der Waals surface area contributed by atoms with Crippen LogP contribution in [0, 0.1) is 0 Å². The average Bonchev–Trinajstić information content (AvgIpc) is 2.87. The highest BCUT2D eigenvalue weighted by molar-refractivity contribution is 6.37. The van der Waals surface area contributed by atoms with Crippen LogP contribution in [0.15, 0.2) is 12.1 Å². The molecule has 110 valence electrons. The molecule has 0 bridgehead atoms. The van der Waals surface area contributed by atoms with E-state index in [1.54, 1.807) is 12.1 Å². The van der Waals surface area contributed by atoms with E-state index in [2.05, 4.69) is 5.32 Å². The number of halogens is 2. The highest BCUT2D eigenvalue weighted by Crippen LogP contribution is 2.31. The molecule has 1 aromatic rings. The SMILES string of the molecule is CN(CC(=O)Nc1c(N)cc(Cl)cc1Cl)C1CCOC1. The number of nitrogens with two attached hydrogens (primary N) is 1. The number of anilines is 2. The van der Waals surface area contributed by atoms with Gasteiger partial charge in [0, 0.05) is 17.7 Å². The number of likely N-dealkylation sites (N-methyl/N-ethyl adjacent to an activating group) is 1. The fourth-order valence-electron chi connectivity index (χ4n) is 2.13. The van der Waals surface area contributed by atoms with Crippen LogP contribution in [0.5, 0.6) is 0 Å². The quantitative estimate of drug-likeness (QED) is 0.836. The van der Waals surface area contributed by atoms with Gasteiger partial charge in [0.1, 0.15) is 0 Å². The van der Waals surface area contributed by atoms with Gasteiger partial charge in [0.15, 0.2) is 0 Å². The molecule has 0 aromatic heterocycles. The molecule has 1 atom stereocenters. The molecular weight excluding hydrogens is 301 g/mol. The molecule has 5 nitrogen and oxygen atoms in total. The van der Waals surface area contributed by atoms with Gasteiger partial charge in [0.25, 0.3) is 0 Å². The molecule has 1 heterocycles. The molecule has 1 amide bonds. The van der Waals surface area contributed by atoms with Crippen molar-refractivity contribution in [2.75, 3.05) is 37.9 Å². The number of rotatable bonds is 4. The van der Waals surface area contributed by atoms with Crippen LogP contribution in [-0.4, -0.2) is 43.7 Å². The van der Waals surface area contributed by atoms with E-state index in [1.165, 1.54) is 0 Å². The number of amides is 1. The average molecular weight is 318 g/mol. The van der Waals surface area contributed by atoms with Crippen LogP contribution in [0.3, 0.4) is 0 Å². The van der Waals surface area contributed by atoms with E-state index < -0.39 is 0 Å². The number of nitrogens with zero attached hydrogens (tertiary/aromatic N) is 1. The van der Waals surface area contributed by atoms with Crippen LogP contribution in [0.1, 0.15) is 6.42 Å². The molecule has 3 N–H and O–H groups in total. The maximum absolute atomic E-state index is 12.0. The molecule has 7 heteroatoms. The molecule has 1 aliphatic rings. The Morgan fingerprint density at radius 3 is 2.90 bits per heavy atom. The number of hydrogen-bond donors (Lipinski definition) is 2. The first-order chi connectivity index (χ1) is 9.47. The van der Waals surface area contributed by atoms with E-state index in [1.807, 2.05) is 11.9 Å². The van der Waals surface area contributed by atoms with Crippen LogP contribution in [-0.2, 0) is 9.53 Å². The second kappa shape index (κ2) is 6.63. The van der Waals surface area contributed by atoms with Crippen LogP contribution in [0.2, 0.25) is 10.0 Å². The number of nitrogen functional groups attached to an aromatic ring is 1. The van der Waals surface area contributed by atoms with Crippen molar-refractivity contribution in [3.05, 3.63) is 22.2 Å². The molecule has 0 aliphatic carbocycles. The van der Waals surface area contributed by atoms with Crippen molar-refractivity contribution in [1.82, 2.24) is 4.90 Å². The van der Waals surface area contributed by atoms with E-state index in [9.17, 15) is 4.79 Å². The summed E-state index contributed by atoms with van der Waals surface area (Å²) in [6, 6.07) is 3.38. The smallest absolute Gasteiger partial charge is 0.238 e. The van der Waals surface area contributed by atoms with Crippen molar-refractivity contribution in [3.8, 4) is 0 Å². The fourth-order valence-corrected chi connectivity index (χ4v) is 2.69. The highest BCUT2D eigenvalue weighted by Gasteiger charge is 2.22. The van der Waals surface area contributed by atoms with Gasteiger partial charge in [-0.15, -0.1) is 0 Å². The van der Waals surface area contributed by atoms with Gasteiger partial charge in [-0.2, -0.15) is 0 Å². The summed E-state index contributed by atoms with van der Waals surface area (Å²) in [5, 5.41) is 3.49. The molecule has 1 saturated heterocycles. The monoisotopic (exact) mass is 317 g/mol. The number of carbonyl (C=O) groups is 1. The lowest BCUT2D eigenvalue weighted by atomic mass is 10.2. The Balaban J connectivity index is 1.97. The third kappa shape index (κ3) is 3.76. The number of ether oxygens (including phenoxy) is 1. The Bertz CT molecular complexity index is 481. The summed E-state index contributed by atoms with van der Waals surface area (Å²) in [6.45, 7) is 1.66. The van der Waals surface area contributed by atoms with Crippen molar-refractivity contribution in [1.29, 1.82) is 0 Å². The van der Waals surface area contributed by atoms with Crippen molar-refractivity contribution in [2.45, 2.75) is 12.5 Å². The summed E-state index contributed by atoms with van der Waals surface area (Å²) in [5.74, 6) is -0.171. The summed E-state index contributed by atoms with van der Waals surface area (Å²) in [7, 11) is 1.89. The molecule has 0 saturated carbocycles. The molecule has 0 radical (unpaired) electrons. The van der Waals surface area contributed by atoms with Gasteiger partial charge in [-0.05, 0) is 25.6 Å². The third-order valence-electron chi connectivity index (χ3n) is 3.27. The maximum Gasteiger partial charge on any atom is 0.238 e. The summed E-state index contributed by atoms with van der Waals surface area (Å²) in [4.78, 5) is 14.0. The van der Waals surface area contributed by atoms with Gasteiger partial charge in [0.2, 0.25) is 5.91 Å². The van der Waals surface area contributed by atoms with Gasteiger partial charge in [0.05, 0.1) is 29.5 Å². The van der Waals surface area contributed by atoms with Gasteiger partial charge >= 0.3 is 0 Å². The summed E-state index contributed by atoms with van der Waals surface area (Å²) in [5.41, 5.74) is 6.56. The first-order valence-corrected chi connectivity index (χ1v) is 7.05. The first-order valence-electron chi connectivity index (χ1n) is 6.29. The first kappa shape index (κ1) is 15.4. The summed E-state index contributed by atoms with van der Waals surface area (Å²) >= 11 is 11.9.